The minimum Gasteiger partial charge on any atom is -0.314 e. The average molecular weight is 268 g/mol. The van der Waals surface area contributed by atoms with Crippen molar-refractivity contribution in [2.45, 2.75) is 20.3 Å². The van der Waals surface area contributed by atoms with Gasteiger partial charge in [-0.15, -0.1) is 0 Å². The number of sulfonamides is 1. The first-order valence-corrected chi connectivity index (χ1v) is 7.97. The zero-order valence-electron chi connectivity index (χ0n) is 10.9. The number of benzene rings is 1. The standard InChI is InChI=1S/C13H20N2O2S/c1-3-12-6-4-5-11(2)13(12)15-9-7-14-8-10-18(15,16)17/h4-6,14H,3,7-10H2,1-2H3. The molecule has 1 aromatic carbocycles. The van der Waals surface area contributed by atoms with E-state index in [4.69, 9.17) is 0 Å². The highest BCUT2D eigenvalue weighted by molar-refractivity contribution is 7.92. The van der Waals surface area contributed by atoms with Crippen LogP contribution in [0.5, 0.6) is 0 Å². The molecule has 0 radical (unpaired) electrons. The van der Waals surface area contributed by atoms with Gasteiger partial charge in [0.25, 0.3) is 0 Å². The molecule has 4 nitrogen and oxygen atoms in total. The Bertz CT molecular complexity index is 526. The number of hydrogen-bond donors (Lipinski definition) is 1. The molecule has 0 bridgehead atoms. The maximum Gasteiger partial charge on any atom is 0.236 e. The molecule has 0 amide bonds. The maximum atomic E-state index is 12.3. The summed E-state index contributed by atoms with van der Waals surface area (Å²) in [6, 6.07) is 5.97. The molecule has 0 atom stereocenters. The van der Waals surface area contributed by atoms with Crippen molar-refractivity contribution in [3.8, 4) is 0 Å². The van der Waals surface area contributed by atoms with Gasteiger partial charge in [-0.1, -0.05) is 25.1 Å². The van der Waals surface area contributed by atoms with Crippen LogP contribution in [0.4, 0.5) is 5.69 Å². The molecule has 2 rings (SSSR count). The van der Waals surface area contributed by atoms with Crippen molar-refractivity contribution in [1.82, 2.24) is 5.32 Å². The third kappa shape index (κ3) is 2.52. The Morgan fingerprint density at radius 2 is 2.11 bits per heavy atom. The topological polar surface area (TPSA) is 49.4 Å². The van der Waals surface area contributed by atoms with E-state index >= 15 is 0 Å². The first kappa shape index (κ1) is 13.4. The van der Waals surface area contributed by atoms with E-state index in [0.29, 0.717) is 19.6 Å². The Kier molecular flexibility index (Phi) is 3.92. The summed E-state index contributed by atoms with van der Waals surface area (Å²) >= 11 is 0. The number of hydrogen-bond acceptors (Lipinski definition) is 3. The summed E-state index contributed by atoms with van der Waals surface area (Å²) in [7, 11) is -3.20. The van der Waals surface area contributed by atoms with E-state index in [9.17, 15) is 8.42 Å². The average Bonchev–Trinajstić information content (AvgIpc) is 2.50. The van der Waals surface area contributed by atoms with Crippen molar-refractivity contribution in [3.63, 3.8) is 0 Å². The van der Waals surface area contributed by atoms with Gasteiger partial charge in [0.05, 0.1) is 11.4 Å². The van der Waals surface area contributed by atoms with E-state index in [1.54, 1.807) is 4.31 Å². The summed E-state index contributed by atoms with van der Waals surface area (Å²) in [5, 5.41) is 3.14. The molecule has 0 spiro atoms. The van der Waals surface area contributed by atoms with Crippen LogP contribution in [0.25, 0.3) is 0 Å². The predicted octanol–water partition coefficient (Wildman–Crippen LogP) is 1.30. The summed E-state index contributed by atoms with van der Waals surface area (Å²) in [5.74, 6) is 0.171. The van der Waals surface area contributed by atoms with Gasteiger partial charge in [0.15, 0.2) is 0 Å². The summed E-state index contributed by atoms with van der Waals surface area (Å²) < 4.78 is 26.2. The van der Waals surface area contributed by atoms with Gasteiger partial charge >= 0.3 is 0 Å². The smallest absolute Gasteiger partial charge is 0.236 e. The first-order chi connectivity index (χ1) is 8.56. The van der Waals surface area contributed by atoms with Crippen LogP contribution in [-0.2, 0) is 16.4 Å². The lowest BCUT2D eigenvalue weighted by Crippen LogP contribution is -2.35. The third-order valence-corrected chi connectivity index (χ3v) is 5.07. The Hall–Kier alpha value is -1.07. The molecule has 1 fully saturated rings. The second-order valence-corrected chi connectivity index (χ2v) is 6.59. The van der Waals surface area contributed by atoms with Crippen molar-refractivity contribution < 1.29 is 8.42 Å². The minimum absolute atomic E-state index is 0.171. The normalized spacial score (nSPS) is 19.6. The van der Waals surface area contributed by atoms with E-state index in [2.05, 4.69) is 12.2 Å². The molecular weight excluding hydrogens is 248 g/mol. The SMILES string of the molecule is CCc1cccc(C)c1N1CCNCCS1(=O)=O. The first-order valence-electron chi connectivity index (χ1n) is 6.36. The fraction of sp³-hybridized carbons (Fsp3) is 0.538. The molecule has 1 aliphatic heterocycles. The summed E-state index contributed by atoms with van der Waals surface area (Å²) in [6.07, 6.45) is 0.844. The van der Waals surface area contributed by atoms with Crippen LogP contribution in [-0.4, -0.2) is 33.8 Å². The quantitative estimate of drug-likeness (QED) is 0.879. The van der Waals surface area contributed by atoms with Crippen molar-refractivity contribution in [1.29, 1.82) is 0 Å². The molecule has 1 N–H and O–H groups in total. The van der Waals surface area contributed by atoms with Gasteiger partial charge in [-0.3, -0.25) is 4.31 Å². The number of para-hydroxylation sites is 1. The maximum absolute atomic E-state index is 12.3. The van der Waals surface area contributed by atoms with Crippen molar-refractivity contribution >= 4 is 15.7 Å². The molecule has 18 heavy (non-hydrogen) atoms. The second kappa shape index (κ2) is 5.28. The largest absolute Gasteiger partial charge is 0.314 e. The lowest BCUT2D eigenvalue weighted by Gasteiger charge is -2.26. The molecule has 0 aliphatic carbocycles. The van der Waals surface area contributed by atoms with Crippen LogP contribution in [0.15, 0.2) is 18.2 Å². The monoisotopic (exact) mass is 268 g/mol. The highest BCUT2D eigenvalue weighted by atomic mass is 32.2. The zero-order chi connectivity index (χ0) is 13.2. The zero-order valence-corrected chi connectivity index (χ0v) is 11.8. The number of anilines is 1. The molecule has 0 unspecified atom stereocenters. The number of nitrogens with one attached hydrogen (secondary N) is 1. The summed E-state index contributed by atoms with van der Waals surface area (Å²) in [5.41, 5.74) is 3.00. The number of nitrogens with zero attached hydrogens (tertiary/aromatic N) is 1. The highest BCUT2D eigenvalue weighted by Crippen LogP contribution is 2.28. The molecule has 1 aromatic rings. The van der Waals surface area contributed by atoms with Crippen LogP contribution >= 0.6 is 0 Å². The highest BCUT2D eigenvalue weighted by Gasteiger charge is 2.26. The van der Waals surface area contributed by atoms with E-state index in [-0.39, 0.29) is 5.75 Å². The Labute approximate surface area is 109 Å². The number of aryl methyl sites for hydroxylation is 2. The van der Waals surface area contributed by atoms with Crippen molar-refractivity contribution in [2.24, 2.45) is 0 Å². The third-order valence-electron chi connectivity index (χ3n) is 3.32. The van der Waals surface area contributed by atoms with Crippen LogP contribution in [0.3, 0.4) is 0 Å². The van der Waals surface area contributed by atoms with Crippen LogP contribution in [0, 0.1) is 6.92 Å². The van der Waals surface area contributed by atoms with Gasteiger partial charge in [0.2, 0.25) is 10.0 Å². The Morgan fingerprint density at radius 1 is 1.33 bits per heavy atom. The molecule has 1 aliphatic rings. The van der Waals surface area contributed by atoms with Gasteiger partial charge in [0, 0.05) is 19.6 Å². The van der Waals surface area contributed by atoms with Crippen LogP contribution < -0.4 is 9.62 Å². The fourth-order valence-electron chi connectivity index (χ4n) is 2.37. The van der Waals surface area contributed by atoms with E-state index in [1.807, 2.05) is 25.1 Å². The molecule has 0 aromatic heterocycles. The molecule has 5 heteroatoms. The van der Waals surface area contributed by atoms with Gasteiger partial charge in [0.1, 0.15) is 0 Å². The van der Waals surface area contributed by atoms with E-state index < -0.39 is 10.0 Å². The van der Waals surface area contributed by atoms with Gasteiger partial charge in [-0.25, -0.2) is 8.42 Å². The molecular formula is C13H20N2O2S. The predicted molar refractivity (Wildman–Crippen MR) is 74.6 cm³/mol. The summed E-state index contributed by atoms with van der Waals surface area (Å²) in [6.45, 7) is 5.78. The lowest BCUT2D eigenvalue weighted by molar-refractivity contribution is 0.593. The van der Waals surface area contributed by atoms with Crippen molar-refractivity contribution in [3.05, 3.63) is 29.3 Å². The van der Waals surface area contributed by atoms with Gasteiger partial charge < -0.3 is 5.32 Å². The lowest BCUT2D eigenvalue weighted by atomic mass is 10.1. The fourth-order valence-corrected chi connectivity index (χ4v) is 3.90. The second-order valence-electron chi connectivity index (χ2n) is 4.57. The van der Waals surface area contributed by atoms with Gasteiger partial charge in [-0.05, 0) is 24.5 Å². The minimum atomic E-state index is -3.20. The molecule has 100 valence electrons. The molecule has 0 saturated carbocycles. The van der Waals surface area contributed by atoms with Crippen molar-refractivity contribution in [2.75, 3.05) is 29.7 Å². The van der Waals surface area contributed by atoms with Crippen LogP contribution in [0.2, 0.25) is 0 Å². The molecule has 1 saturated heterocycles. The number of rotatable bonds is 2. The van der Waals surface area contributed by atoms with Crippen LogP contribution in [0.1, 0.15) is 18.1 Å². The summed E-state index contributed by atoms with van der Waals surface area (Å²) in [4.78, 5) is 0. The van der Waals surface area contributed by atoms with Gasteiger partial charge in [-0.2, -0.15) is 0 Å². The Balaban J connectivity index is 2.52. The molecule has 1 heterocycles. The Morgan fingerprint density at radius 3 is 2.83 bits per heavy atom. The van der Waals surface area contributed by atoms with E-state index in [1.165, 1.54) is 0 Å². The van der Waals surface area contributed by atoms with E-state index in [0.717, 1.165) is 23.2 Å².